The fourth-order valence-electron chi connectivity index (χ4n) is 1.48. The second kappa shape index (κ2) is 6.00. The van der Waals surface area contributed by atoms with Gasteiger partial charge in [0.2, 0.25) is 5.91 Å². The van der Waals surface area contributed by atoms with Gasteiger partial charge < -0.3 is 11.1 Å². The maximum atomic E-state index is 11.0. The van der Waals surface area contributed by atoms with E-state index in [4.69, 9.17) is 5.73 Å². The van der Waals surface area contributed by atoms with Crippen molar-refractivity contribution in [2.24, 2.45) is 11.7 Å². The normalized spacial score (nSPS) is 10.4. The Morgan fingerprint density at radius 2 is 2.17 bits per heavy atom. The van der Waals surface area contributed by atoms with Crippen molar-refractivity contribution in [1.82, 2.24) is 0 Å². The van der Waals surface area contributed by atoms with Gasteiger partial charge in [-0.3, -0.25) is 14.9 Å². The van der Waals surface area contributed by atoms with E-state index in [1.807, 2.05) is 0 Å². The molecule has 0 aromatic heterocycles. The monoisotopic (exact) mass is 251 g/mol. The van der Waals surface area contributed by atoms with E-state index in [1.54, 1.807) is 0 Å². The van der Waals surface area contributed by atoms with Crippen LogP contribution in [0.4, 0.5) is 11.4 Å². The van der Waals surface area contributed by atoms with Gasteiger partial charge in [0.1, 0.15) is 5.69 Å². The summed E-state index contributed by atoms with van der Waals surface area (Å²) in [7, 11) is 0. The lowest BCUT2D eigenvalue weighted by Crippen LogP contribution is -2.12. The van der Waals surface area contributed by atoms with Crippen LogP contribution in [0, 0.1) is 16.0 Å². The number of anilines is 1. The van der Waals surface area contributed by atoms with Crippen molar-refractivity contribution in [3.8, 4) is 0 Å². The van der Waals surface area contributed by atoms with E-state index in [-0.39, 0.29) is 11.3 Å². The average molecular weight is 251 g/mol. The number of nitrogens with one attached hydrogen (secondary N) is 1. The Labute approximate surface area is 105 Å². The van der Waals surface area contributed by atoms with Gasteiger partial charge in [-0.1, -0.05) is 13.8 Å². The molecule has 0 fully saturated rings. The van der Waals surface area contributed by atoms with Crippen LogP contribution in [0.15, 0.2) is 18.2 Å². The van der Waals surface area contributed by atoms with Crippen molar-refractivity contribution < 1.29 is 9.72 Å². The molecule has 3 N–H and O–H groups in total. The lowest BCUT2D eigenvalue weighted by Gasteiger charge is -2.09. The molecule has 0 radical (unpaired) electrons. The minimum Gasteiger partial charge on any atom is -0.379 e. The van der Waals surface area contributed by atoms with Crippen LogP contribution in [0.5, 0.6) is 0 Å². The first kappa shape index (κ1) is 14.0. The Morgan fingerprint density at radius 3 is 2.67 bits per heavy atom. The number of nitrogens with zero attached hydrogens (tertiary/aromatic N) is 1. The van der Waals surface area contributed by atoms with Crippen LogP contribution in [0.25, 0.3) is 0 Å². The maximum absolute atomic E-state index is 11.0. The molecule has 0 unspecified atom stereocenters. The number of rotatable bonds is 6. The van der Waals surface area contributed by atoms with Gasteiger partial charge in [0, 0.05) is 18.2 Å². The molecule has 1 aromatic rings. The van der Waals surface area contributed by atoms with Gasteiger partial charge >= 0.3 is 0 Å². The molecule has 18 heavy (non-hydrogen) atoms. The molecule has 1 aromatic carbocycles. The molecule has 0 aliphatic rings. The molecule has 0 aliphatic heterocycles. The summed E-state index contributed by atoms with van der Waals surface area (Å²) in [4.78, 5) is 21.4. The minimum absolute atomic E-state index is 0.130. The summed E-state index contributed by atoms with van der Waals surface area (Å²) in [6, 6.07) is 4.19. The smallest absolute Gasteiger partial charge is 0.293 e. The molecule has 0 atom stereocenters. The predicted molar refractivity (Wildman–Crippen MR) is 69.6 cm³/mol. The van der Waals surface area contributed by atoms with Crippen molar-refractivity contribution >= 4 is 17.3 Å². The molecule has 0 heterocycles. The first-order valence-electron chi connectivity index (χ1n) is 5.74. The van der Waals surface area contributed by atoms with Crippen LogP contribution in [-0.2, 0) is 0 Å². The quantitative estimate of drug-likeness (QED) is 0.597. The number of nitro benzene ring substituents is 1. The molecule has 0 spiro atoms. The van der Waals surface area contributed by atoms with E-state index in [0.29, 0.717) is 18.2 Å². The molecule has 6 heteroatoms. The molecule has 1 amide bonds. The van der Waals surface area contributed by atoms with Crippen molar-refractivity contribution in [3.63, 3.8) is 0 Å². The Kier molecular flexibility index (Phi) is 4.65. The molecular formula is C12H17N3O3. The van der Waals surface area contributed by atoms with Gasteiger partial charge in [0.25, 0.3) is 5.69 Å². The molecule has 1 rings (SSSR count). The standard InChI is InChI=1S/C12H17N3O3/c1-8(2)5-6-14-10-4-3-9(12(13)16)7-11(10)15(17)18/h3-4,7-8,14H,5-6H2,1-2H3,(H2,13,16). The zero-order valence-electron chi connectivity index (χ0n) is 10.5. The summed E-state index contributed by atoms with van der Waals surface area (Å²) in [6.45, 7) is 4.80. The fourth-order valence-corrected chi connectivity index (χ4v) is 1.48. The van der Waals surface area contributed by atoms with E-state index in [0.717, 1.165) is 6.42 Å². The number of benzene rings is 1. The molecule has 0 saturated carbocycles. The van der Waals surface area contributed by atoms with Crippen LogP contribution in [0.1, 0.15) is 30.6 Å². The van der Waals surface area contributed by atoms with Crippen LogP contribution >= 0.6 is 0 Å². The first-order valence-corrected chi connectivity index (χ1v) is 5.74. The number of nitro groups is 1. The summed E-state index contributed by atoms with van der Waals surface area (Å²) in [5.74, 6) is -0.159. The molecule has 6 nitrogen and oxygen atoms in total. The number of primary amides is 1. The van der Waals surface area contributed by atoms with Crippen LogP contribution in [-0.4, -0.2) is 17.4 Å². The maximum Gasteiger partial charge on any atom is 0.293 e. The van der Waals surface area contributed by atoms with Crippen molar-refractivity contribution in [2.75, 3.05) is 11.9 Å². The summed E-state index contributed by atoms with van der Waals surface area (Å²) < 4.78 is 0. The summed E-state index contributed by atoms with van der Waals surface area (Å²) in [6.07, 6.45) is 0.911. The van der Waals surface area contributed by atoms with Crippen molar-refractivity contribution in [3.05, 3.63) is 33.9 Å². The van der Waals surface area contributed by atoms with E-state index >= 15 is 0 Å². The largest absolute Gasteiger partial charge is 0.379 e. The topological polar surface area (TPSA) is 98.3 Å². The zero-order valence-corrected chi connectivity index (χ0v) is 10.5. The van der Waals surface area contributed by atoms with Crippen molar-refractivity contribution in [2.45, 2.75) is 20.3 Å². The summed E-state index contributed by atoms with van der Waals surface area (Å²) in [5.41, 5.74) is 5.50. The van der Waals surface area contributed by atoms with Gasteiger partial charge in [0.15, 0.2) is 0 Å². The second-order valence-corrected chi connectivity index (χ2v) is 4.46. The molecule has 0 aliphatic carbocycles. The van der Waals surface area contributed by atoms with Gasteiger partial charge in [-0.15, -0.1) is 0 Å². The minimum atomic E-state index is -0.674. The Balaban J connectivity index is 2.90. The Hall–Kier alpha value is -2.11. The fraction of sp³-hybridized carbons (Fsp3) is 0.417. The van der Waals surface area contributed by atoms with Gasteiger partial charge in [-0.2, -0.15) is 0 Å². The van der Waals surface area contributed by atoms with Crippen molar-refractivity contribution in [1.29, 1.82) is 0 Å². The number of nitrogens with two attached hydrogens (primary N) is 1. The average Bonchev–Trinajstić information content (AvgIpc) is 2.28. The van der Waals surface area contributed by atoms with E-state index in [9.17, 15) is 14.9 Å². The SMILES string of the molecule is CC(C)CCNc1ccc(C(N)=O)cc1[N+](=O)[O-]. The molecular weight excluding hydrogens is 234 g/mol. The Bertz CT molecular complexity index is 458. The Morgan fingerprint density at radius 1 is 1.50 bits per heavy atom. The predicted octanol–water partition coefficient (Wildman–Crippen LogP) is 2.15. The zero-order chi connectivity index (χ0) is 13.7. The number of carbonyl (C=O) groups is 1. The highest BCUT2D eigenvalue weighted by Crippen LogP contribution is 2.25. The van der Waals surface area contributed by atoms with E-state index in [1.165, 1.54) is 18.2 Å². The van der Waals surface area contributed by atoms with E-state index in [2.05, 4.69) is 19.2 Å². The highest BCUT2D eigenvalue weighted by Gasteiger charge is 2.16. The molecule has 0 saturated heterocycles. The first-order chi connectivity index (χ1) is 8.41. The lowest BCUT2D eigenvalue weighted by atomic mass is 10.1. The van der Waals surface area contributed by atoms with Gasteiger partial charge in [-0.25, -0.2) is 0 Å². The van der Waals surface area contributed by atoms with Crippen LogP contribution in [0.3, 0.4) is 0 Å². The molecule has 98 valence electrons. The number of hydrogen-bond donors (Lipinski definition) is 2. The van der Waals surface area contributed by atoms with Crippen LogP contribution < -0.4 is 11.1 Å². The van der Waals surface area contributed by atoms with Gasteiger partial charge in [-0.05, 0) is 24.5 Å². The summed E-state index contributed by atoms with van der Waals surface area (Å²) in [5, 5.41) is 13.9. The third-order valence-corrected chi connectivity index (χ3v) is 2.52. The third-order valence-electron chi connectivity index (χ3n) is 2.52. The highest BCUT2D eigenvalue weighted by molar-refractivity contribution is 5.94. The lowest BCUT2D eigenvalue weighted by molar-refractivity contribution is -0.384. The molecule has 0 bridgehead atoms. The third kappa shape index (κ3) is 3.73. The number of hydrogen-bond acceptors (Lipinski definition) is 4. The van der Waals surface area contributed by atoms with Crippen LogP contribution in [0.2, 0.25) is 0 Å². The number of carbonyl (C=O) groups excluding carboxylic acids is 1. The highest BCUT2D eigenvalue weighted by atomic mass is 16.6. The van der Waals surface area contributed by atoms with Gasteiger partial charge in [0.05, 0.1) is 4.92 Å². The number of amides is 1. The summed E-state index contributed by atoms with van der Waals surface area (Å²) >= 11 is 0. The second-order valence-electron chi connectivity index (χ2n) is 4.46. The van der Waals surface area contributed by atoms with E-state index < -0.39 is 10.8 Å².